The molecule has 0 aliphatic carbocycles. The molecule has 0 rings (SSSR count). The molecule has 0 aromatic heterocycles. The normalized spacial score (nSPS) is 10.7. The summed E-state index contributed by atoms with van der Waals surface area (Å²) >= 11 is 3.99. The van der Waals surface area contributed by atoms with Gasteiger partial charge in [0.25, 0.3) is 0 Å². The Morgan fingerprint density at radius 2 is 2.50 bits per heavy atom. The van der Waals surface area contributed by atoms with Gasteiger partial charge in [-0.2, -0.15) is 17.9 Å². The van der Waals surface area contributed by atoms with Crippen LogP contribution < -0.4 is 5.73 Å². The van der Waals surface area contributed by atoms with E-state index in [1.54, 1.807) is 18.1 Å². The first-order valence-corrected chi connectivity index (χ1v) is 3.40. The van der Waals surface area contributed by atoms with E-state index in [4.69, 9.17) is 11.0 Å². The molecule has 0 atom stereocenters. The average molecular weight is 158 g/mol. The average Bonchev–Trinajstić information content (AvgIpc) is 1.89. The van der Waals surface area contributed by atoms with Crippen LogP contribution in [0.3, 0.4) is 0 Å². The first-order chi connectivity index (χ1) is 4.72. The SMILES string of the molecule is CN(CCS)C(N)=NC#N. The summed E-state index contributed by atoms with van der Waals surface area (Å²) in [6, 6.07) is 0. The minimum Gasteiger partial charge on any atom is -0.369 e. The fraction of sp³-hybridized carbons (Fsp3) is 0.600. The molecular weight excluding hydrogens is 148 g/mol. The highest BCUT2D eigenvalue weighted by Gasteiger charge is 1.97. The van der Waals surface area contributed by atoms with Crippen molar-refractivity contribution in [1.29, 1.82) is 5.26 Å². The van der Waals surface area contributed by atoms with Gasteiger partial charge in [0, 0.05) is 19.3 Å². The number of nitriles is 1. The largest absolute Gasteiger partial charge is 0.369 e. The molecule has 10 heavy (non-hydrogen) atoms. The number of thiol groups is 1. The molecule has 0 saturated carbocycles. The van der Waals surface area contributed by atoms with Crippen LogP contribution in [0.5, 0.6) is 0 Å². The molecule has 0 heterocycles. The molecule has 0 aromatic carbocycles. The second kappa shape index (κ2) is 4.94. The quantitative estimate of drug-likeness (QED) is 0.250. The van der Waals surface area contributed by atoms with Gasteiger partial charge in [0.1, 0.15) is 0 Å². The van der Waals surface area contributed by atoms with Crippen LogP contribution in [0.4, 0.5) is 0 Å². The van der Waals surface area contributed by atoms with Crippen LogP contribution in [-0.2, 0) is 0 Å². The van der Waals surface area contributed by atoms with Gasteiger partial charge in [-0.15, -0.1) is 4.99 Å². The van der Waals surface area contributed by atoms with E-state index < -0.39 is 0 Å². The summed E-state index contributed by atoms with van der Waals surface area (Å²) in [5, 5.41) is 8.09. The van der Waals surface area contributed by atoms with Crippen LogP contribution in [0.1, 0.15) is 0 Å². The van der Waals surface area contributed by atoms with E-state index in [1.165, 1.54) is 0 Å². The molecule has 0 amide bonds. The molecule has 0 bridgehead atoms. The fourth-order valence-corrected chi connectivity index (χ4v) is 0.701. The molecule has 0 spiro atoms. The van der Waals surface area contributed by atoms with Crippen LogP contribution in [0.15, 0.2) is 4.99 Å². The summed E-state index contributed by atoms with van der Waals surface area (Å²) in [6.45, 7) is 0.695. The maximum Gasteiger partial charge on any atom is 0.209 e. The van der Waals surface area contributed by atoms with Crippen LogP contribution in [0.25, 0.3) is 0 Å². The fourth-order valence-electron chi connectivity index (χ4n) is 0.401. The summed E-state index contributed by atoms with van der Waals surface area (Å²) in [7, 11) is 1.76. The number of nitrogens with zero attached hydrogens (tertiary/aromatic N) is 3. The van der Waals surface area contributed by atoms with Crippen molar-refractivity contribution in [1.82, 2.24) is 4.90 Å². The van der Waals surface area contributed by atoms with E-state index in [1.807, 2.05) is 0 Å². The smallest absolute Gasteiger partial charge is 0.209 e. The molecular formula is C5H10N4S. The first-order valence-electron chi connectivity index (χ1n) is 2.76. The van der Waals surface area contributed by atoms with Gasteiger partial charge in [-0.05, 0) is 0 Å². The van der Waals surface area contributed by atoms with E-state index in [2.05, 4.69) is 17.6 Å². The zero-order valence-corrected chi connectivity index (χ0v) is 6.67. The standard InChI is InChI=1S/C5H10N4S/c1-9(2-3-10)5(7)8-4-6/h10H,2-3H2,1H3,(H2,7,8). The Morgan fingerprint density at radius 3 is 2.90 bits per heavy atom. The number of nitrogens with two attached hydrogens (primary N) is 1. The number of rotatable bonds is 2. The summed E-state index contributed by atoms with van der Waals surface area (Å²) in [4.78, 5) is 5.00. The van der Waals surface area contributed by atoms with Crippen molar-refractivity contribution in [2.75, 3.05) is 19.3 Å². The monoisotopic (exact) mass is 158 g/mol. The highest BCUT2D eigenvalue weighted by atomic mass is 32.1. The van der Waals surface area contributed by atoms with Crippen LogP contribution in [-0.4, -0.2) is 30.2 Å². The maximum absolute atomic E-state index is 8.09. The highest BCUT2D eigenvalue weighted by Crippen LogP contribution is 1.83. The predicted molar refractivity (Wildman–Crippen MR) is 43.7 cm³/mol. The Labute approximate surface area is 65.7 Å². The van der Waals surface area contributed by atoms with E-state index in [0.29, 0.717) is 12.3 Å². The van der Waals surface area contributed by atoms with Gasteiger partial charge < -0.3 is 10.6 Å². The molecule has 0 radical (unpaired) electrons. The Bertz CT molecular complexity index is 160. The molecule has 0 aliphatic rings. The van der Waals surface area contributed by atoms with E-state index in [0.717, 1.165) is 0 Å². The van der Waals surface area contributed by atoms with Gasteiger partial charge in [-0.1, -0.05) is 0 Å². The van der Waals surface area contributed by atoms with Crippen molar-refractivity contribution >= 4 is 18.6 Å². The Hall–Kier alpha value is -0.890. The molecule has 0 aliphatic heterocycles. The summed E-state index contributed by atoms with van der Waals surface area (Å²) in [5.41, 5.74) is 5.33. The third-order valence-corrected chi connectivity index (χ3v) is 1.19. The molecule has 0 saturated heterocycles. The maximum atomic E-state index is 8.09. The number of hydrogen-bond acceptors (Lipinski definition) is 3. The highest BCUT2D eigenvalue weighted by molar-refractivity contribution is 7.80. The van der Waals surface area contributed by atoms with Gasteiger partial charge in [0.05, 0.1) is 0 Å². The number of hydrogen-bond donors (Lipinski definition) is 2. The van der Waals surface area contributed by atoms with Gasteiger partial charge in [-0.25, -0.2) is 0 Å². The molecule has 4 nitrogen and oxygen atoms in total. The van der Waals surface area contributed by atoms with Crippen molar-refractivity contribution in [3.8, 4) is 6.19 Å². The van der Waals surface area contributed by atoms with Gasteiger partial charge in [0.15, 0.2) is 0 Å². The van der Waals surface area contributed by atoms with Crippen LogP contribution in [0, 0.1) is 11.5 Å². The van der Waals surface area contributed by atoms with E-state index in [9.17, 15) is 0 Å². The van der Waals surface area contributed by atoms with Gasteiger partial charge >= 0.3 is 0 Å². The minimum absolute atomic E-state index is 0.233. The zero-order chi connectivity index (χ0) is 7.98. The van der Waals surface area contributed by atoms with Crippen LogP contribution >= 0.6 is 12.6 Å². The van der Waals surface area contributed by atoms with Crippen molar-refractivity contribution < 1.29 is 0 Å². The Morgan fingerprint density at radius 1 is 1.90 bits per heavy atom. The second-order valence-corrected chi connectivity index (χ2v) is 2.16. The van der Waals surface area contributed by atoms with Gasteiger partial charge in [0.2, 0.25) is 12.2 Å². The number of aliphatic imine (C=N–C) groups is 1. The van der Waals surface area contributed by atoms with Crippen LogP contribution in [0.2, 0.25) is 0 Å². The lowest BCUT2D eigenvalue weighted by molar-refractivity contribution is 0.534. The summed E-state index contributed by atoms with van der Waals surface area (Å²) in [5.74, 6) is 0.926. The third kappa shape index (κ3) is 3.20. The van der Waals surface area contributed by atoms with Crippen molar-refractivity contribution in [2.24, 2.45) is 10.7 Å². The lowest BCUT2D eigenvalue weighted by Crippen LogP contribution is -2.35. The molecule has 2 N–H and O–H groups in total. The Kier molecular flexibility index (Phi) is 4.50. The number of guanidine groups is 1. The predicted octanol–water partition coefficient (Wildman–Crippen LogP) is -0.356. The van der Waals surface area contributed by atoms with Gasteiger partial charge in [-0.3, -0.25) is 0 Å². The summed E-state index contributed by atoms with van der Waals surface area (Å²) < 4.78 is 0. The minimum atomic E-state index is 0.233. The van der Waals surface area contributed by atoms with Crippen molar-refractivity contribution in [2.45, 2.75) is 0 Å². The van der Waals surface area contributed by atoms with Crippen molar-refractivity contribution in [3.05, 3.63) is 0 Å². The van der Waals surface area contributed by atoms with Crippen molar-refractivity contribution in [3.63, 3.8) is 0 Å². The molecule has 0 unspecified atom stereocenters. The molecule has 56 valence electrons. The lowest BCUT2D eigenvalue weighted by atomic mass is 10.6. The van der Waals surface area contributed by atoms with E-state index >= 15 is 0 Å². The first kappa shape index (κ1) is 9.11. The molecule has 0 aromatic rings. The zero-order valence-electron chi connectivity index (χ0n) is 5.78. The van der Waals surface area contributed by atoms with E-state index in [-0.39, 0.29) is 5.96 Å². The third-order valence-electron chi connectivity index (χ3n) is 0.991. The topological polar surface area (TPSA) is 65.4 Å². The molecule has 0 fully saturated rings. The second-order valence-electron chi connectivity index (χ2n) is 1.72. The lowest BCUT2D eigenvalue weighted by Gasteiger charge is -2.14. The summed E-state index contributed by atoms with van der Waals surface area (Å²) in [6.07, 6.45) is 1.60. The molecule has 5 heteroatoms. The Balaban J connectivity index is 3.84.